The minimum atomic E-state index is -1.04. The van der Waals surface area contributed by atoms with E-state index in [1.54, 1.807) is 0 Å². The smallest absolute Gasteiger partial charge is 0.340 e. The monoisotopic (exact) mass is 558 g/mol. The highest BCUT2D eigenvalue weighted by molar-refractivity contribution is 5.85. The molecule has 0 amide bonds. The minimum Gasteiger partial charge on any atom is -0.340 e. The molecule has 2 aromatic rings. The molecule has 1 fully saturated rings. The van der Waals surface area contributed by atoms with E-state index >= 15 is 0 Å². The molecule has 4 nitrogen and oxygen atoms in total. The van der Waals surface area contributed by atoms with Crippen LogP contribution in [0, 0.1) is 6.92 Å². The molecule has 3 aliphatic rings. The number of rotatable bonds is 7. The summed E-state index contributed by atoms with van der Waals surface area (Å²) >= 11 is 0. The zero-order valence-corrected chi connectivity index (χ0v) is 27.7. The summed E-state index contributed by atoms with van der Waals surface area (Å²) in [5, 5.41) is 0. The lowest BCUT2D eigenvalue weighted by Gasteiger charge is -2.33. The molecule has 1 spiro atoms. The molecular formula is C37H54N2O2+2. The van der Waals surface area contributed by atoms with E-state index < -0.39 is 6.03 Å². The van der Waals surface area contributed by atoms with E-state index in [1.165, 1.54) is 66.3 Å². The van der Waals surface area contributed by atoms with Crippen LogP contribution in [-0.4, -0.2) is 39.7 Å². The molecule has 3 heterocycles. The summed E-state index contributed by atoms with van der Waals surface area (Å²) in [6.45, 7) is 25.9. The quantitative estimate of drug-likeness (QED) is 0.317. The van der Waals surface area contributed by atoms with Gasteiger partial charge in [-0.3, -0.25) is 0 Å². The number of hydrogen-bond acceptors (Lipinski definition) is 2. The summed E-state index contributed by atoms with van der Waals surface area (Å²) in [6.07, 6.45) is 12.2. The Labute approximate surface area is 249 Å². The van der Waals surface area contributed by atoms with Crippen molar-refractivity contribution in [3.05, 3.63) is 57.6 Å². The molecule has 0 aromatic heterocycles. The Balaban J connectivity index is 1.65. The maximum Gasteiger partial charge on any atom is 0.704 e. The van der Waals surface area contributed by atoms with E-state index in [0.29, 0.717) is 5.92 Å². The lowest BCUT2D eigenvalue weighted by molar-refractivity contribution is -0.867. The van der Waals surface area contributed by atoms with Gasteiger partial charge in [0.1, 0.15) is 0 Å². The molecule has 0 saturated carbocycles. The maximum absolute atomic E-state index is 7.17. The van der Waals surface area contributed by atoms with Crippen molar-refractivity contribution < 1.29 is 18.6 Å². The van der Waals surface area contributed by atoms with Crippen LogP contribution in [0.4, 0.5) is 0 Å². The molecule has 2 aromatic carbocycles. The highest BCUT2D eigenvalue weighted by atomic mass is 16.7. The predicted octanol–water partition coefficient (Wildman–Crippen LogP) is 8.81. The number of aryl methyl sites for hydroxylation is 1. The van der Waals surface area contributed by atoms with Crippen LogP contribution in [0.2, 0.25) is 0 Å². The lowest BCUT2D eigenvalue weighted by Crippen LogP contribution is -2.61. The molecule has 0 radical (unpaired) electrons. The van der Waals surface area contributed by atoms with Gasteiger partial charge in [-0.15, -0.1) is 0 Å². The average molecular weight is 559 g/mol. The molecule has 1 unspecified atom stereocenters. The van der Waals surface area contributed by atoms with Crippen molar-refractivity contribution in [1.29, 1.82) is 0 Å². The predicted molar refractivity (Wildman–Crippen MR) is 171 cm³/mol. The fourth-order valence-electron chi connectivity index (χ4n) is 6.84. The lowest BCUT2D eigenvalue weighted by atomic mass is 9.79. The first kappa shape index (κ1) is 29.9. The third-order valence-corrected chi connectivity index (χ3v) is 9.31. The fraction of sp³-hybridized carbons (Fsp3) is 0.622. The van der Waals surface area contributed by atoms with Crippen LogP contribution in [0.5, 0.6) is 11.5 Å². The minimum absolute atomic E-state index is 0.0450. The third kappa shape index (κ3) is 5.25. The summed E-state index contributed by atoms with van der Waals surface area (Å²) in [5.74, 6) is 2.48. The summed E-state index contributed by atoms with van der Waals surface area (Å²) in [4.78, 5) is 0. The van der Waals surface area contributed by atoms with Crippen molar-refractivity contribution in [3.63, 3.8) is 0 Å². The topological polar surface area (TPSA) is 24.5 Å². The third-order valence-electron chi connectivity index (χ3n) is 9.31. The van der Waals surface area contributed by atoms with Crippen molar-refractivity contribution in [2.45, 2.75) is 143 Å². The molecule has 0 N–H and O–H groups in total. The Morgan fingerprint density at radius 2 is 1.41 bits per heavy atom. The van der Waals surface area contributed by atoms with E-state index in [0.717, 1.165) is 23.6 Å². The second-order valence-electron chi connectivity index (χ2n) is 15.5. The molecule has 3 aliphatic heterocycles. The van der Waals surface area contributed by atoms with Gasteiger partial charge in [0.15, 0.2) is 23.9 Å². The van der Waals surface area contributed by atoms with E-state index in [9.17, 15) is 0 Å². The number of unbranched alkanes of at least 4 members (excludes halogenated alkanes) is 2. The van der Waals surface area contributed by atoms with E-state index in [2.05, 4.69) is 122 Å². The Kier molecular flexibility index (Phi) is 7.48. The van der Waals surface area contributed by atoms with Crippen molar-refractivity contribution in [2.24, 2.45) is 0 Å². The summed E-state index contributed by atoms with van der Waals surface area (Å²) in [6, 6.07) is 8.42. The number of hydrogen-bond donors (Lipinski definition) is 0. The Morgan fingerprint density at radius 3 is 2.00 bits per heavy atom. The van der Waals surface area contributed by atoms with Crippen LogP contribution >= 0.6 is 0 Å². The van der Waals surface area contributed by atoms with Crippen LogP contribution in [0.1, 0.15) is 147 Å². The van der Waals surface area contributed by atoms with Crippen LogP contribution in [-0.2, 0) is 10.8 Å². The number of fused-ring (bicyclic) bond motifs is 2. The zero-order chi connectivity index (χ0) is 30.0. The SMILES string of the molecule is CCCCC(CCCC)c1cc(C)c2c(c1)C=[N+]1C(C)(C)C[N+]3=Cc4cc(C(C)(C)C)cc(C(C)(C)C)c4OC31O2. The van der Waals surface area contributed by atoms with Gasteiger partial charge in [0.2, 0.25) is 12.1 Å². The molecule has 1 atom stereocenters. The first-order chi connectivity index (χ1) is 19.1. The van der Waals surface area contributed by atoms with Gasteiger partial charge in [-0.25, -0.2) is 0 Å². The molecule has 222 valence electrons. The van der Waals surface area contributed by atoms with Crippen molar-refractivity contribution in [3.8, 4) is 11.5 Å². The van der Waals surface area contributed by atoms with Crippen molar-refractivity contribution >= 4 is 12.4 Å². The van der Waals surface area contributed by atoms with Gasteiger partial charge in [-0.2, -0.15) is 0 Å². The van der Waals surface area contributed by atoms with Crippen LogP contribution in [0.3, 0.4) is 0 Å². The van der Waals surface area contributed by atoms with Gasteiger partial charge in [0.05, 0.1) is 11.1 Å². The number of nitrogens with zero attached hydrogens (tertiary/aromatic N) is 2. The second-order valence-corrected chi connectivity index (χ2v) is 15.5. The van der Waals surface area contributed by atoms with Crippen molar-refractivity contribution in [1.82, 2.24) is 0 Å². The van der Waals surface area contributed by atoms with Gasteiger partial charge in [-0.05, 0) is 65.3 Å². The largest absolute Gasteiger partial charge is 0.704 e. The van der Waals surface area contributed by atoms with E-state index in [-0.39, 0.29) is 16.4 Å². The Morgan fingerprint density at radius 1 is 0.805 bits per heavy atom. The van der Waals surface area contributed by atoms with Crippen molar-refractivity contribution in [2.75, 3.05) is 6.54 Å². The molecule has 1 saturated heterocycles. The van der Waals surface area contributed by atoms with Gasteiger partial charge < -0.3 is 9.47 Å². The first-order valence-electron chi connectivity index (χ1n) is 16.1. The Bertz CT molecular complexity index is 1390. The number of benzene rings is 2. The highest BCUT2D eigenvalue weighted by Gasteiger charge is 2.75. The van der Waals surface area contributed by atoms with Gasteiger partial charge in [0.25, 0.3) is 0 Å². The molecule has 41 heavy (non-hydrogen) atoms. The standard InChI is InChI=1S/C37H54N2O2/c1-12-14-16-26(17-15-13-2)27-18-25(3)32-28(19-27)23-39-36(10,11)24-38-22-29-20-30(34(4,5)6)21-31(35(7,8)9)33(29)41-37(38,39)40-32/h18-23,26H,12-17,24H2,1-11H3/q+2. The van der Waals surface area contributed by atoms with E-state index in [4.69, 9.17) is 9.47 Å². The second kappa shape index (κ2) is 10.3. The van der Waals surface area contributed by atoms with Gasteiger partial charge >= 0.3 is 6.03 Å². The van der Waals surface area contributed by atoms with Gasteiger partial charge in [0, 0.05) is 19.4 Å². The van der Waals surface area contributed by atoms with Crippen LogP contribution < -0.4 is 9.47 Å². The number of ether oxygens (including phenoxy) is 2. The highest BCUT2D eigenvalue weighted by Crippen LogP contribution is 2.47. The first-order valence-corrected chi connectivity index (χ1v) is 16.1. The van der Waals surface area contributed by atoms with Crippen LogP contribution in [0.25, 0.3) is 0 Å². The van der Waals surface area contributed by atoms with Crippen LogP contribution in [0.15, 0.2) is 24.3 Å². The molecule has 0 bridgehead atoms. The zero-order valence-electron chi connectivity index (χ0n) is 27.7. The average Bonchev–Trinajstić information content (AvgIpc) is 3.09. The Hall–Kier alpha value is -2.62. The van der Waals surface area contributed by atoms with E-state index in [1.807, 2.05) is 0 Å². The summed E-state index contributed by atoms with van der Waals surface area (Å²) in [7, 11) is 0. The summed E-state index contributed by atoms with van der Waals surface area (Å²) in [5.41, 5.74) is 7.31. The molecule has 4 heteroatoms. The molecule has 5 rings (SSSR count). The fourth-order valence-corrected chi connectivity index (χ4v) is 6.84. The summed E-state index contributed by atoms with van der Waals surface area (Å²) < 4.78 is 18.9. The normalized spacial score (nSPS) is 20.8. The maximum atomic E-state index is 7.17. The molecular weight excluding hydrogens is 504 g/mol. The molecule has 0 aliphatic carbocycles. The van der Waals surface area contributed by atoms with Gasteiger partial charge in [-0.1, -0.05) is 102 Å².